The number of hydrogen-bond donors (Lipinski definition) is 3. The second kappa shape index (κ2) is 33.0. The molecule has 0 heterocycles. The fraction of sp³-hybridized carbons (Fsp3) is 0.769. The molecule has 0 aromatic carbocycles. The highest BCUT2D eigenvalue weighted by atomic mass is 16.6. The Morgan fingerprint density at radius 3 is 1.15 bits per heavy atom. The molecule has 0 aliphatic rings. The number of carbonyl (C=O) groups is 3. The van der Waals surface area contributed by atoms with E-state index in [4.69, 9.17) is 14.2 Å². The molecular formula is C39H68O9. The van der Waals surface area contributed by atoms with Crippen LogP contribution in [0.25, 0.3) is 0 Å². The Morgan fingerprint density at radius 2 is 0.812 bits per heavy atom. The summed E-state index contributed by atoms with van der Waals surface area (Å²) in [4.78, 5) is 37.2. The molecule has 0 fully saturated rings. The first-order valence-electron chi connectivity index (χ1n) is 18.7. The molecule has 0 aromatic heterocycles. The van der Waals surface area contributed by atoms with Gasteiger partial charge in [0.15, 0.2) is 6.10 Å². The Bertz CT molecular complexity index is 835. The minimum atomic E-state index is -0.981. The molecule has 0 aliphatic heterocycles. The fourth-order valence-corrected chi connectivity index (χ4v) is 4.91. The Kier molecular flexibility index (Phi) is 31.3. The number of esters is 3. The van der Waals surface area contributed by atoms with Crippen LogP contribution in [0.3, 0.4) is 0 Å². The molecule has 278 valence electrons. The number of aliphatic hydroxyl groups excluding tert-OH is 3. The summed E-state index contributed by atoms with van der Waals surface area (Å²) in [5, 5.41) is 30.3. The van der Waals surface area contributed by atoms with Gasteiger partial charge in [0, 0.05) is 0 Å². The highest BCUT2D eigenvalue weighted by molar-refractivity contribution is 5.73. The second-order valence-corrected chi connectivity index (χ2v) is 12.7. The van der Waals surface area contributed by atoms with Gasteiger partial charge in [0.25, 0.3) is 0 Å². The zero-order valence-electron chi connectivity index (χ0n) is 30.3. The van der Waals surface area contributed by atoms with Crippen LogP contribution >= 0.6 is 0 Å². The van der Waals surface area contributed by atoms with E-state index in [2.05, 4.69) is 20.8 Å². The van der Waals surface area contributed by atoms with Crippen molar-refractivity contribution in [2.45, 2.75) is 180 Å². The molecule has 0 saturated carbocycles. The zero-order valence-corrected chi connectivity index (χ0v) is 30.3. The van der Waals surface area contributed by atoms with Crippen molar-refractivity contribution < 1.29 is 43.9 Å². The van der Waals surface area contributed by atoms with Gasteiger partial charge in [0.05, 0.1) is 37.6 Å². The lowest BCUT2D eigenvalue weighted by Gasteiger charge is -2.17. The average molecular weight is 681 g/mol. The van der Waals surface area contributed by atoms with Crippen LogP contribution in [-0.4, -0.2) is 70.9 Å². The van der Waals surface area contributed by atoms with Gasteiger partial charge in [-0.2, -0.15) is 0 Å². The molecule has 48 heavy (non-hydrogen) atoms. The summed E-state index contributed by atoms with van der Waals surface area (Å²) in [6, 6.07) is 0. The lowest BCUT2D eigenvalue weighted by atomic mass is 10.1. The third-order valence-corrected chi connectivity index (χ3v) is 7.91. The van der Waals surface area contributed by atoms with Crippen molar-refractivity contribution in [3.05, 3.63) is 36.5 Å². The first-order valence-corrected chi connectivity index (χ1v) is 18.7. The van der Waals surface area contributed by atoms with Crippen LogP contribution in [0, 0.1) is 0 Å². The van der Waals surface area contributed by atoms with E-state index in [0.29, 0.717) is 19.3 Å². The van der Waals surface area contributed by atoms with Crippen molar-refractivity contribution in [3.63, 3.8) is 0 Å². The molecule has 0 saturated heterocycles. The van der Waals surface area contributed by atoms with Gasteiger partial charge in [-0.1, -0.05) is 134 Å². The summed E-state index contributed by atoms with van der Waals surface area (Å²) < 4.78 is 16.1. The minimum Gasteiger partial charge on any atom is -0.461 e. The Balaban J connectivity index is 4.79. The standard InChI is InChI=1S/C39H68O9/c1-4-7-10-13-22-33(40)25-16-19-28-37(43)46-31-36(48-39(45)30-21-18-27-35(42)24-15-12-9-6-3)32-47-38(44)29-20-17-26-34(41)23-14-11-8-5-2/h16-21,33-36,40-42H,4-15,22-32H2,1-3H3/b19-16+,20-17+,21-18+. The molecule has 0 aliphatic carbocycles. The summed E-state index contributed by atoms with van der Waals surface area (Å²) >= 11 is 0. The number of hydrogen-bond acceptors (Lipinski definition) is 9. The molecule has 3 atom stereocenters. The minimum absolute atomic E-state index is 0.00175. The van der Waals surface area contributed by atoms with Gasteiger partial charge in [-0.05, 0) is 38.5 Å². The molecule has 0 amide bonds. The monoisotopic (exact) mass is 680 g/mol. The van der Waals surface area contributed by atoms with Crippen LogP contribution in [-0.2, 0) is 28.6 Å². The number of carbonyl (C=O) groups excluding carboxylic acids is 3. The maximum atomic E-state index is 12.5. The normalized spacial score (nSPS) is 14.4. The maximum Gasteiger partial charge on any atom is 0.310 e. The van der Waals surface area contributed by atoms with E-state index < -0.39 is 42.3 Å². The van der Waals surface area contributed by atoms with Crippen molar-refractivity contribution >= 4 is 17.9 Å². The predicted molar refractivity (Wildman–Crippen MR) is 191 cm³/mol. The summed E-state index contributed by atoms with van der Waals surface area (Å²) in [5.74, 6) is -1.62. The molecule has 0 radical (unpaired) electrons. The van der Waals surface area contributed by atoms with E-state index in [1.165, 1.54) is 0 Å². The number of unbranched alkanes of at least 4 members (excludes halogenated alkanes) is 9. The second-order valence-electron chi connectivity index (χ2n) is 12.7. The van der Waals surface area contributed by atoms with Crippen molar-refractivity contribution in [2.24, 2.45) is 0 Å². The summed E-state index contributed by atoms with van der Waals surface area (Å²) in [7, 11) is 0. The van der Waals surface area contributed by atoms with Crippen LogP contribution in [0.1, 0.15) is 156 Å². The SMILES string of the molecule is CCCCCCC(O)C/C=C/CC(=O)OCC(COC(=O)C/C=C/CC(O)CCCCCC)OC(=O)C/C=C/CC(O)CCCCCC. The van der Waals surface area contributed by atoms with Crippen LogP contribution < -0.4 is 0 Å². The molecule has 3 N–H and O–H groups in total. The molecule has 0 spiro atoms. The van der Waals surface area contributed by atoms with E-state index >= 15 is 0 Å². The highest BCUT2D eigenvalue weighted by Crippen LogP contribution is 2.11. The van der Waals surface area contributed by atoms with Gasteiger partial charge in [-0.15, -0.1) is 0 Å². The quantitative estimate of drug-likeness (QED) is 0.0279. The third kappa shape index (κ3) is 30.8. The summed E-state index contributed by atoms with van der Waals surface area (Å²) in [5.41, 5.74) is 0. The van der Waals surface area contributed by atoms with Gasteiger partial charge in [-0.3, -0.25) is 14.4 Å². The molecule has 9 heteroatoms. The lowest BCUT2D eigenvalue weighted by Crippen LogP contribution is -2.30. The lowest BCUT2D eigenvalue weighted by molar-refractivity contribution is -0.165. The highest BCUT2D eigenvalue weighted by Gasteiger charge is 2.19. The van der Waals surface area contributed by atoms with E-state index in [1.807, 2.05) is 0 Å². The summed E-state index contributed by atoms with van der Waals surface area (Å²) in [6.07, 6.45) is 24.5. The van der Waals surface area contributed by atoms with Gasteiger partial charge < -0.3 is 29.5 Å². The zero-order chi connectivity index (χ0) is 35.7. The Hall–Kier alpha value is -2.49. The van der Waals surface area contributed by atoms with Gasteiger partial charge in [-0.25, -0.2) is 0 Å². The molecule has 0 aromatic rings. The number of rotatable bonds is 32. The van der Waals surface area contributed by atoms with Crippen LogP contribution in [0.4, 0.5) is 0 Å². The van der Waals surface area contributed by atoms with Crippen molar-refractivity contribution in [3.8, 4) is 0 Å². The molecule has 3 unspecified atom stereocenters. The van der Waals surface area contributed by atoms with Crippen molar-refractivity contribution in [1.82, 2.24) is 0 Å². The van der Waals surface area contributed by atoms with E-state index in [1.54, 1.807) is 36.5 Å². The van der Waals surface area contributed by atoms with Crippen molar-refractivity contribution in [2.75, 3.05) is 13.2 Å². The summed E-state index contributed by atoms with van der Waals surface area (Å²) in [6.45, 7) is 5.88. The van der Waals surface area contributed by atoms with E-state index in [9.17, 15) is 29.7 Å². The van der Waals surface area contributed by atoms with E-state index in [0.717, 1.165) is 96.3 Å². The first kappa shape index (κ1) is 45.5. The number of ether oxygens (including phenoxy) is 3. The number of aliphatic hydroxyl groups is 3. The Morgan fingerprint density at radius 1 is 0.479 bits per heavy atom. The largest absolute Gasteiger partial charge is 0.461 e. The molecule has 0 rings (SSSR count). The Labute approximate surface area is 291 Å². The molecule has 0 bridgehead atoms. The van der Waals surface area contributed by atoms with Gasteiger partial charge in [0.1, 0.15) is 13.2 Å². The average Bonchev–Trinajstić information content (AvgIpc) is 3.07. The van der Waals surface area contributed by atoms with Crippen LogP contribution in [0.15, 0.2) is 36.5 Å². The topological polar surface area (TPSA) is 140 Å². The first-order chi connectivity index (χ1) is 23.2. The smallest absolute Gasteiger partial charge is 0.310 e. The molecular weight excluding hydrogens is 612 g/mol. The van der Waals surface area contributed by atoms with Crippen molar-refractivity contribution in [1.29, 1.82) is 0 Å². The van der Waals surface area contributed by atoms with E-state index in [-0.39, 0.29) is 32.5 Å². The van der Waals surface area contributed by atoms with Crippen LogP contribution in [0.2, 0.25) is 0 Å². The predicted octanol–water partition coefficient (Wildman–Crippen LogP) is 7.99. The van der Waals surface area contributed by atoms with Crippen LogP contribution in [0.5, 0.6) is 0 Å². The van der Waals surface area contributed by atoms with Gasteiger partial charge in [0.2, 0.25) is 0 Å². The fourth-order valence-electron chi connectivity index (χ4n) is 4.91. The third-order valence-electron chi connectivity index (χ3n) is 7.91. The molecule has 9 nitrogen and oxygen atoms in total. The van der Waals surface area contributed by atoms with Gasteiger partial charge >= 0.3 is 17.9 Å². The maximum absolute atomic E-state index is 12.5.